The smallest absolute Gasteiger partial charge is 0.780 e. The van der Waals surface area contributed by atoms with Crippen LogP contribution in [0.1, 0.15) is 203 Å². The van der Waals surface area contributed by atoms with Crippen LogP contribution in [0.2, 0.25) is 0 Å². The van der Waals surface area contributed by atoms with Crippen molar-refractivity contribution < 1.29 is 187 Å². The molecule has 0 unspecified atom stereocenters. The summed E-state index contributed by atoms with van der Waals surface area (Å²) in [6, 6.07) is 14.2. The second kappa shape index (κ2) is 71.1. The Balaban J connectivity index is -0.0000000990. The molecule has 4 rings (SSSR count). The van der Waals surface area contributed by atoms with E-state index >= 15 is 0 Å². The van der Waals surface area contributed by atoms with Crippen molar-refractivity contribution in [3.05, 3.63) is 111 Å². The number of benzene rings is 4. The molecule has 616 valence electrons. The summed E-state index contributed by atoms with van der Waals surface area (Å²) >= 11 is 13.5. The number of halogens is 4. The molecule has 0 aliphatic heterocycles. The maximum atomic E-state index is 10.9. The Kier molecular flexibility index (Phi) is 89.7. The first-order valence-electron chi connectivity index (χ1n) is 30.5. The van der Waals surface area contributed by atoms with Crippen molar-refractivity contribution in [3.8, 4) is 23.0 Å². The van der Waals surface area contributed by atoms with Crippen molar-refractivity contribution in [2.24, 2.45) is 0 Å². The molecule has 4 aromatic rings. The second-order valence-electron chi connectivity index (χ2n) is 25.0. The second-order valence-corrected chi connectivity index (χ2v) is 44.8. The summed E-state index contributed by atoms with van der Waals surface area (Å²) in [7, 11) is -25.1. The van der Waals surface area contributed by atoms with Gasteiger partial charge in [-0.2, -0.15) is 0 Å². The fourth-order valence-electron chi connectivity index (χ4n) is 6.85. The van der Waals surface area contributed by atoms with Gasteiger partial charge in [0.1, 0.15) is 54.3 Å². The van der Waals surface area contributed by atoms with Gasteiger partial charge in [-0.1, -0.05) is 174 Å². The summed E-state index contributed by atoms with van der Waals surface area (Å²) in [5.41, 5.74) is 5.67. The molecule has 0 aromatic heterocycles. The van der Waals surface area contributed by atoms with Crippen molar-refractivity contribution in [2.45, 2.75) is 158 Å². The maximum Gasteiger partial charge on any atom is 2.00 e. The molecule has 0 aliphatic carbocycles. The van der Waals surface area contributed by atoms with Gasteiger partial charge >= 0.3 is 77.9 Å². The van der Waals surface area contributed by atoms with Crippen molar-refractivity contribution in [2.75, 3.05) is 100 Å². The van der Waals surface area contributed by atoms with Crippen LogP contribution in [-0.2, 0) is 183 Å². The number of phosphoric ester groups is 4. The van der Waals surface area contributed by atoms with Gasteiger partial charge < -0.3 is 75.5 Å². The minimum atomic E-state index is -5.05. The summed E-state index contributed by atoms with van der Waals surface area (Å²) in [6.07, 6.45) is 26.2. The molecule has 0 radical (unpaired) electrons. The predicted molar refractivity (Wildman–Crippen MR) is 442 cm³/mol. The summed E-state index contributed by atoms with van der Waals surface area (Å²) in [4.78, 5) is 87.0. The van der Waals surface area contributed by atoms with E-state index in [-0.39, 0.29) is 148 Å². The third kappa shape index (κ3) is 89.1. The zero-order chi connectivity index (χ0) is 85.0. The summed E-state index contributed by atoms with van der Waals surface area (Å²) in [5, 5.41) is 0. The molecule has 0 amide bonds. The van der Waals surface area contributed by atoms with Crippen molar-refractivity contribution in [1.82, 2.24) is 0 Å². The largest absolute Gasteiger partial charge is 2.00 e. The topological polar surface area (TPSA) is 426 Å². The van der Waals surface area contributed by atoms with Crippen LogP contribution in [0.5, 0.6) is 23.0 Å². The molecule has 0 fully saturated rings. The Morgan fingerprint density at radius 2 is 0.296 bits per heavy atom. The first-order valence-corrected chi connectivity index (χ1v) is 55.3. The van der Waals surface area contributed by atoms with Gasteiger partial charge in [-0.15, -0.1) is 0 Å². The molecule has 0 atom stereocenters. The molecular weight excluding hydrogens is 2110 g/mol. The van der Waals surface area contributed by atoms with E-state index in [2.05, 4.69) is 81.8 Å². The number of hydrogen-bond donors (Lipinski definition) is 0. The van der Waals surface area contributed by atoms with Gasteiger partial charge in [0, 0.05) is 204 Å². The van der Waals surface area contributed by atoms with Crippen LogP contribution in [-0.4, -0.2) is 134 Å². The minimum Gasteiger partial charge on any atom is -0.780 e. The molecule has 0 aliphatic rings. The summed E-state index contributed by atoms with van der Waals surface area (Å²) in [5.74, 6) is 1.17. The van der Waals surface area contributed by atoms with Crippen LogP contribution in [0.4, 0.5) is 0 Å². The third-order valence-corrected chi connectivity index (χ3v) is 13.7. The molecule has 0 bridgehead atoms. The first kappa shape index (κ1) is 136. The molecule has 24 nitrogen and oxygen atoms in total. The average molecular weight is 2230 g/mol. The Hall–Kier alpha value is 2.29. The van der Waals surface area contributed by atoms with Gasteiger partial charge in [-0.25, -0.2) is 0 Å². The molecule has 0 saturated heterocycles. The number of rotatable bonds is 16. The molecule has 4 aromatic carbocycles. The van der Waals surface area contributed by atoms with E-state index in [0.29, 0.717) is 44.5 Å². The number of phosphoric acid groups is 4. The zero-order valence-corrected chi connectivity index (χ0v) is 96.8. The Labute approximate surface area is 751 Å². The molecule has 0 heterocycles. The van der Waals surface area contributed by atoms with E-state index in [1.165, 1.54) is 0 Å². The monoisotopic (exact) mass is 2220 g/mol. The van der Waals surface area contributed by atoms with Crippen molar-refractivity contribution in [1.29, 1.82) is 0 Å². The zero-order valence-electron chi connectivity index (χ0n) is 68.4. The molecule has 108 heavy (non-hydrogen) atoms. The Morgan fingerprint density at radius 3 is 0.343 bits per heavy atom. The summed E-state index contributed by atoms with van der Waals surface area (Å²) < 4.78 is 142. The van der Waals surface area contributed by atoms with E-state index in [1.54, 1.807) is 149 Å². The molecule has 0 saturated carbocycles. The van der Waals surface area contributed by atoms with E-state index in [0.717, 1.165) is 17.9 Å². The molecule has 0 spiro atoms. The summed E-state index contributed by atoms with van der Waals surface area (Å²) in [6.45, 7) is 30.7. The fourth-order valence-corrected chi connectivity index (χ4v) is 10.6. The van der Waals surface area contributed by atoms with Crippen LogP contribution in [0.3, 0.4) is 0 Å². The van der Waals surface area contributed by atoms with Gasteiger partial charge in [0.25, 0.3) is 0 Å². The van der Waals surface area contributed by atoms with Crippen LogP contribution in [0.25, 0.3) is 0 Å². The molecular formula is C64H112Br4O24P4S8Zn4. The molecule has 44 heteroatoms. The van der Waals surface area contributed by atoms with Crippen LogP contribution >= 0.6 is 95.0 Å². The van der Waals surface area contributed by atoms with Crippen molar-refractivity contribution in [3.63, 3.8) is 0 Å². The van der Waals surface area contributed by atoms with Crippen LogP contribution in [0.15, 0.2) is 66.4 Å². The fraction of sp³-hybridized carbons (Fsp3) is 0.625. The van der Waals surface area contributed by atoms with Crippen LogP contribution in [0, 0.1) is 0 Å². The van der Waals surface area contributed by atoms with E-state index in [1.807, 2.05) is 111 Å². The maximum absolute atomic E-state index is 10.9. The van der Waals surface area contributed by atoms with Gasteiger partial charge in [0.05, 0.1) is 0 Å². The molecule has 0 N–H and O–H groups in total. The minimum absolute atomic E-state index is 0. The van der Waals surface area contributed by atoms with Gasteiger partial charge in [0.2, 0.25) is 0 Å². The third-order valence-electron chi connectivity index (χ3n) is 10.2. The standard InChI is InChI=1S/4C12H18BrO4P.8C2H6OS.4Zn/c4*1-7(2)10-5-9(13)6-11(8(3)4)12(10)17-18(14,15)16;8*1-4(2)3;;;;/h4*5-8H,1-4H3,(H2,14,15,16);8*1-2H3;;;;/q;;;;;;;;;;;;4*+2/p-8. The predicted octanol–water partition coefficient (Wildman–Crippen LogP) is 11.6. The van der Waals surface area contributed by atoms with Crippen molar-refractivity contribution >= 4 is 181 Å². The normalized spacial score (nSPS) is 10.8. The van der Waals surface area contributed by atoms with E-state index in [4.69, 9.17) is 0 Å². The van der Waals surface area contributed by atoms with Crippen LogP contribution < -0.4 is 57.2 Å². The van der Waals surface area contributed by atoms with E-state index in [9.17, 15) is 91.1 Å². The van der Waals surface area contributed by atoms with Gasteiger partial charge in [-0.3, -0.25) is 33.7 Å². The quantitative estimate of drug-likeness (QED) is 0.0742. The SMILES string of the molecule is CC(C)c1cc(Br)cc(C(C)C)c1OP(=O)([O-])[O-].CC(C)c1cc(Br)cc(C(C)C)c1OP(=O)([O-])[O-].CC(C)c1cc(Br)cc(C(C)C)c1OP(=O)([O-])[O-].CC(C)c1cc(Br)cc(C(C)C)c1OP(=O)([O-])[O-].CS(C)=O.CS(C)=O.CS(C)=O.CS(C)=O.CS(C)=O.CS(C)=O.CS(C)=O.CS(C)=O.[Zn+2].[Zn+2].[Zn+2].[Zn+2]. The van der Waals surface area contributed by atoms with E-state index < -0.39 is 118 Å². The van der Waals surface area contributed by atoms with Gasteiger partial charge in [-0.05, 0) is 140 Å². The average Bonchev–Trinajstić information content (AvgIpc) is 0.829. The number of hydrogen-bond acceptors (Lipinski definition) is 24. The Morgan fingerprint density at radius 1 is 0.231 bits per heavy atom. The Bertz CT molecular complexity index is 2920. The first-order chi connectivity index (χ1) is 46.3. The van der Waals surface area contributed by atoms with Gasteiger partial charge in [0.15, 0.2) is 0 Å².